The number of carbonyl (C=O) groups is 2. The predicted octanol–water partition coefficient (Wildman–Crippen LogP) is 2.57. The van der Waals surface area contributed by atoms with Gasteiger partial charge in [-0.15, -0.1) is 0 Å². The molecule has 7 nitrogen and oxygen atoms in total. The van der Waals surface area contributed by atoms with Gasteiger partial charge in [0, 0.05) is 25.3 Å². The molecule has 0 bridgehead atoms. The van der Waals surface area contributed by atoms with Crippen LogP contribution in [0.4, 0.5) is 9.59 Å². The van der Waals surface area contributed by atoms with E-state index in [1.165, 1.54) is 6.20 Å². The third-order valence-corrected chi connectivity index (χ3v) is 3.31. The van der Waals surface area contributed by atoms with Crippen molar-refractivity contribution in [3.63, 3.8) is 0 Å². The molecule has 1 aliphatic heterocycles. The first kappa shape index (κ1) is 17.1. The van der Waals surface area contributed by atoms with E-state index in [0.29, 0.717) is 31.7 Å². The summed E-state index contributed by atoms with van der Waals surface area (Å²) >= 11 is 0. The van der Waals surface area contributed by atoms with Gasteiger partial charge in [-0.05, 0) is 45.7 Å². The van der Waals surface area contributed by atoms with Gasteiger partial charge in [-0.25, -0.2) is 9.59 Å². The van der Waals surface area contributed by atoms with Crippen molar-refractivity contribution in [2.75, 3.05) is 13.1 Å². The molecule has 7 heteroatoms. The Balaban J connectivity index is 1.75. The molecule has 126 valence electrons. The number of carbonyl (C=O) groups excluding carboxylic acids is 2. The molecule has 0 radical (unpaired) electrons. The van der Waals surface area contributed by atoms with E-state index in [2.05, 4.69) is 10.3 Å². The molecule has 1 N–H and O–H groups in total. The van der Waals surface area contributed by atoms with E-state index in [-0.39, 0.29) is 6.04 Å². The maximum absolute atomic E-state index is 12.0. The third kappa shape index (κ3) is 5.77. The highest BCUT2D eigenvalue weighted by atomic mass is 16.6. The average Bonchev–Trinajstić information content (AvgIpc) is 2.47. The van der Waals surface area contributed by atoms with E-state index in [1.807, 2.05) is 20.8 Å². The summed E-state index contributed by atoms with van der Waals surface area (Å²) in [7, 11) is 0. The Hall–Kier alpha value is -2.31. The van der Waals surface area contributed by atoms with Crippen molar-refractivity contribution >= 4 is 12.2 Å². The van der Waals surface area contributed by atoms with Crippen LogP contribution in [0.25, 0.3) is 0 Å². The molecule has 0 aromatic carbocycles. The van der Waals surface area contributed by atoms with Crippen LogP contribution in [0.3, 0.4) is 0 Å². The zero-order valence-electron chi connectivity index (χ0n) is 13.7. The number of aromatic nitrogens is 1. The third-order valence-electron chi connectivity index (χ3n) is 3.31. The van der Waals surface area contributed by atoms with Crippen molar-refractivity contribution in [3.8, 4) is 5.75 Å². The molecule has 0 spiro atoms. The fourth-order valence-corrected chi connectivity index (χ4v) is 2.25. The van der Waals surface area contributed by atoms with Crippen LogP contribution in [-0.4, -0.2) is 46.8 Å². The normalized spacial score (nSPS) is 15.9. The molecule has 1 aromatic heterocycles. The van der Waals surface area contributed by atoms with Crippen molar-refractivity contribution in [2.45, 2.75) is 45.3 Å². The van der Waals surface area contributed by atoms with Crippen molar-refractivity contribution in [1.29, 1.82) is 0 Å². The van der Waals surface area contributed by atoms with Crippen LogP contribution in [-0.2, 0) is 4.74 Å². The number of alkyl carbamates (subject to hydrolysis) is 1. The lowest BCUT2D eigenvalue weighted by atomic mass is 10.1. The Morgan fingerprint density at radius 2 is 2.00 bits per heavy atom. The highest BCUT2D eigenvalue weighted by Crippen LogP contribution is 2.15. The number of nitrogens with one attached hydrogen (secondary N) is 1. The van der Waals surface area contributed by atoms with Gasteiger partial charge in [-0.1, -0.05) is 0 Å². The van der Waals surface area contributed by atoms with Crippen LogP contribution < -0.4 is 10.1 Å². The van der Waals surface area contributed by atoms with Crippen molar-refractivity contribution in [3.05, 3.63) is 24.5 Å². The van der Waals surface area contributed by atoms with E-state index in [4.69, 9.17) is 9.47 Å². The maximum atomic E-state index is 12.0. The zero-order chi connectivity index (χ0) is 16.9. The quantitative estimate of drug-likeness (QED) is 0.905. The van der Waals surface area contributed by atoms with Gasteiger partial charge in [0.1, 0.15) is 5.60 Å². The Morgan fingerprint density at radius 3 is 2.57 bits per heavy atom. The van der Waals surface area contributed by atoms with E-state index in [1.54, 1.807) is 23.2 Å². The number of amides is 2. The SMILES string of the molecule is CC(C)(C)OC(=O)NC1CCN(C(=O)Oc2cccnc2)CC1. The summed E-state index contributed by atoms with van der Waals surface area (Å²) in [5.74, 6) is 0.423. The van der Waals surface area contributed by atoms with E-state index in [9.17, 15) is 9.59 Å². The van der Waals surface area contributed by atoms with Crippen LogP contribution in [0, 0.1) is 0 Å². The number of piperidine rings is 1. The van der Waals surface area contributed by atoms with Crippen molar-refractivity contribution in [2.24, 2.45) is 0 Å². The number of nitrogens with zero attached hydrogens (tertiary/aromatic N) is 2. The van der Waals surface area contributed by atoms with E-state index < -0.39 is 17.8 Å². The van der Waals surface area contributed by atoms with E-state index in [0.717, 1.165) is 0 Å². The smallest absolute Gasteiger partial charge is 0.415 e. The topological polar surface area (TPSA) is 80.8 Å². The number of pyridine rings is 1. The van der Waals surface area contributed by atoms with Crippen LogP contribution in [0.2, 0.25) is 0 Å². The average molecular weight is 321 g/mol. The Morgan fingerprint density at radius 1 is 1.30 bits per heavy atom. The molecule has 0 aliphatic carbocycles. The highest BCUT2D eigenvalue weighted by Gasteiger charge is 2.26. The fourth-order valence-electron chi connectivity index (χ4n) is 2.25. The molecule has 0 saturated carbocycles. The van der Waals surface area contributed by atoms with Gasteiger partial charge >= 0.3 is 12.2 Å². The van der Waals surface area contributed by atoms with Crippen LogP contribution in [0.5, 0.6) is 5.75 Å². The molecule has 1 fully saturated rings. The Labute approximate surface area is 136 Å². The minimum atomic E-state index is -0.516. The maximum Gasteiger partial charge on any atom is 0.415 e. The van der Waals surface area contributed by atoms with Crippen LogP contribution in [0.1, 0.15) is 33.6 Å². The summed E-state index contributed by atoms with van der Waals surface area (Å²) in [6.07, 6.45) is 3.63. The summed E-state index contributed by atoms with van der Waals surface area (Å²) in [6.45, 7) is 6.52. The van der Waals surface area contributed by atoms with Gasteiger partial charge in [-0.3, -0.25) is 4.98 Å². The summed E-state index contributed by atoms with van der Waals surface area (Å²) < 4.78 is 10.5. The molecule has 23 heavy (non-hydrogen) atoms. The fraction of sp³-hybridized carbons (Fsp3) is 0.562. The molecule has 2 amide bonds. The number of likely N-dealkylation sites (tertiary alicyclic amines) is 1. The molecular weight excluding hydrogens is 298 g/mol. The number of hydrogen-bond acceptors (Lipinski definition) is 5. The molecule has 1 aliphatic rings. The summed E-state index contributed by atoms with van der Waals surface area (Å²) in [5, 5.41) is 2.83. The number of rotatable bonds is 2. The first-order valence-corrected chi connectivity index (χ1v) is 7.70. The Bertz CT molecular complexity index is 534. The molecule has 0 atom stereocenters. The van der Waals surface area contributed by atoms with Gasteiger partial charge < -0.3 is 19.7 Å². The van der Waals surface area contributed by atoms with Gasteiger partial charge in [0.15, 0.2) is 5.75 Å². The van der Waals surface area contributed by atoms with Crippen molar-refractivity contribution in [1.82, 2.24) is 15.2 Å². The summed E-state index contributed by atoms with van der Waals surface area (Å²) in [5.41, 5.74) is -0.516. The lowest BCUT2D eigenvalue weighted by Gasteiger charge is -2.32. The number of hydrogen-bond donors (Lipinski definition) is 1. The predicted molar refractivity (Wildman–Crippen MR) is 84.2 cm³/mol. The van der Waals surface area contributed by atoms with Gasteiger partial charge in [0.2, 0.25) is 0 Å². The first-order valence-electron chi connectivity index (χ1n) is 7.70. The molecular formula is C16H23N3O4. The summed E-state index contributed by atoms with van der Waals surface area (Å²) in [4.78, 5) is 29.3. The van der Waals surface area contributed by atoms with Crippen LogP contribution in [0.15, 0.2) is 24.5 Å². The molecule has 1 aromatic rings. The van der Waals surface area contributed by atoms with Gasteiger partial charge in [0.05, 0.1) is 6.20 Å². The van der Waals surface area contributed by atoms with E-state index >= 15 is 0 Å². The van der Waals surface area contributed by atoms with Crippen LogP contribution >= 0.6 is 0 Å². The van der Waals surface area contributed by atoms with Gasteiger partial charge in [0.25, 0.3) is 0 Å². The molecule has 2 heterocycles. The highest BCUT2D eigenvalue weighted by molar-refractivity contribution is 5.71. The van der Waals surface area contributed by atoms with Gasteiger partial charge in [-0.2, -0.15) is 0 Å². The lowest BCUT2D eigenvalue weighted by Crippen LogP contribution is -2.48. The lowest BCUT2D eigenvalue weighted by molar-refractivity contribution is 0.0482. The minimum absolute atomic E-state index is 0.00675. The molecule has 2 rings (SSSR count). The van der Waals surface area contributed by atoms with Crippen molar-refractivity contribution < 1.29 is 19.1 Å². The largest absolute Gasteiger partial charge is 0.444 e. The second kappa shape index (κ2) is 7.30. The first-order chi connectivity index (χ1) is 10.8. The Kier molecular flexibility index (Phi) is 5.41. The standard InChI is InChI=1S/C16H23N3O4/c1-16(2,3)23-14(20)18-12-6-9-19(10-7-12)15(21)22-13-5-4-8-17-11-13/h4-5,8,11-12H,6-7,9-10H2,1-3H3,(H,18,20). The zero-order valence-corrected chi connectivity index (χ0v) is 13.7. The number of ether oxygens (including phenoxy) is 2. The second-order valence-corrected chi connectivity index (χ2v) is 6.46. The molecule has 1 saturated heterocycles. The monoisotopic (exact) mass is 321 g/mol. The minimum Gasteiger partial charge on any atom is -0.444 e. The summed E-state index contributed by atoms with van der Waals surface area (Å²) in [6, 6.07) is 3.40. The second-order valence-electron chi connectivity index (χ2n) is 6.46. The molecule has 0 unspecified atom stereocenters.